The molecule has 0 spiro atoms. The van der Waals surface area contributed by atoms with Crippen LogP contribution in [-0.2, 0) is 0 Å². The Morgan fingerprint density at radius 2 is 1.70 bits per heavy atom. The lowest BCUT2D eigenvalue weighted by Crippen LogP contribution is -1.98. The molecular weight excluding hydrogens is 343 g/mol. The Bertz CT molecular complexity index is 619. The fraction of sp³-hybridized carbons (Fsp3) is 0.250. The summed E-state index contributed by atoms with van der Waals surface area (Å²) in [5, 5.41) is -0.388. The molecule has 0 saturated heterocycles. The summed E-state index contributed by atoms with van der Waals surface area (Å²) in [6.45, 7) is 3.95. The van der Waals surface area contributed by atoms with Crippen molar-refractivity contribution < 1.29 is 9.13 Å². The molecule has 1 unspecified atom stereocenters. The van der Waals surface area contributed by atoms with Crippen molar-refractivity contribution >= 4 is 27.5 Å². The summed E-state index contributed by atoms with van der Waals surface area (Å²) >= 11 is 9.61. The summed E-state index contributed by atoms with van der Waals surface area (Å²) in [7, 11) is 1.65. The third-order valence-electron chi connectivity index (χ3n) is 3.22. The zero-order valence-corrected chi connectivity index (χ0v) is 13.8. The smallest absolute Gasteiger partial charge is 0.137 e. The van der Waals surface area contributed by atoms with Crippen LogP contribution >= 0.6 is 27.5 Å². The molecule has 0 amide bonds. The van der Waals surface area contributed by atoms with Crippen molar-refractivity contribution in [1.29, 1.82) is 0 Å². The van der Waals surface area contributed by atoms with E-state index < -0.39 is 0 Å². The second kappa shape index (κ2) is 6.15. The minimum Gasteiger partial charge on any atom is -0.496 e. The third kappa shape index (κ3) is 2.99. The van der Waals surface area contributed by atoms with E-state index >= 15 is 0 Å². The lowest BCUT2D eigenvalue weighted by Gasteiger charge is -2.15. The predicted octanol–water partition coefficient (Wildman–Crippen LogP) is 5.54. The van der Waals surface area contributed by atoms with Crippen LogP contribution in [0.5, 0.6) is 5.75 Å². The molecule has 0 fully saturated rings. The first kappa shape index (κ1) is 15.3. The molecule has 0 bridgehead atoms. The quantitative estimate of drug-likeness (QED) is 0.655. The molecule has 0 aliphatic carbocycles. The second-order valence-corrected chi connectivity index (χ2v) is 6.01. The third-order valence-corrected chi connectivity index (χ3v) is 4.36. The van der Waals surface area contributed by atoms with Gasteiger partial charge < -0.3 is 4.74 Å². The van der Waals surface area contributed by atoms with Gasteiger partial charge in [0.25, 0.3) is 0 Å². The van der Waals surface area contributed by atoms with E-state index in [1.807, 2.05) is 32.0 Å². The summed E-state index contributed by atoms with van der Waals surface area (Å²) in [5.74, 6) is 0.551. The standard InChI is InChI=1S/C16H15BrClFO/c1-9-6-12(7-10(2)16(9)20-3)15(18)11-4-5-13(17)14(19)8-11/h4-8,15H,1-3H3. The van der Waals surface area contributed by atoms with Gasteiger partial charge in [-0.2, -0.15) is 0 Å². The minimum atomic E-state index is -0.388. The molecule has 0 N–H and O–H groups in total. The van der Waals surface area contributed by atoms with E-state index in [0.29, 0.717) is 4.47 Å². The van der Waals surface area contributed by atoms with Gasteiger partial charge in [0, 0.05) is 0 Å². The van der Waals surface area contributed by atoms with Crippen molar-refractivity contribution in [3.63, 3.8) is 0 Å². The van der Waals surface area contributed by atoms with Gasteiger partial charge in [0.15, 0.2) is 0 Å². The molecule has 0 aromatic heterocycles. The van der Waals surface area contributed by atoms with Crippen LogP contribution in [0, 0.1) is 19.7 Å². The van der Waals surface area contributed by atoms with Gasteiger partial charge in [-0.15, -0.1) is 11.6 Å². The maximum Gasteiger partial charge on any atom is 0.137 e. The first-order valence-corrected chi connectivity index (χ1v) is 7.41. The monoisotopic (exact) mass is 356 g/mol. The molecule has 4 heteroatoms. The van der Waals surface area contributed by atoms with Crippen LogP contribution in [-0.4, -0.2) is 7.11 Å². The van der Waals surface area contributed by atoms with Gasteiger partial charge in [-0.3, -0.25) is 0 Å². The number of methoxy groups -OCH3 is 1. The van der Waals surface area contributed by atoms with Crippen molar-refractivity contribution in [2.45, 2.75) is 19.2 Å². The SMILES string of the molecule is COc1c(C)cc(C(Cl)c2ccc(Br)c(F)c2)cc1C. The lowest BCUT2D eigenvalue weighted by molar-refractivity contribution is 0.408. The molecule has 2 aromatic rings. The molecular formula is C16H15BrClFO. The number of halogens is 3. The number of benzene rings is 2. The van der Waals surface area contributed by atoms with Crippen LogP contribution in [0.15, 0.2) is 34.8 Å². The average molecular weight is 358 g/mol. The normalized spacial score (nSPS) is 12.3. The molecule has 2 aromatic carbocycles. The summed E-state index contributed by atoms with van der Waals surface area (Å²) in [4.78, 5) is 0. The maximum atomic E-state index is 13.6. The highest BCUT2D eigenvalue weighted by molar-refractivity contribution is 9.10. The first-order valence-electron chi connectivity index (χ1n) is 6.18. The molecule has 0 aliphatic rings. The highest BCUT2D eigenvalue weighted by Crippen LogP contribution is 2.34. The van der Waals surface area contributed by atoms with E-state index in [0.717, 1.165) is 28.0 Å². The van der Waals surface area contributed by atoms with Gasteiger partial charge >= 0.3 is 0 Å². The fourth-order valence-corrected chi connectivity index (χ4v) is 2.82. The molecule has 106 valence electrons. The number of ether oxygens (including phenoxy) is 1. The van der Waals surface area contributed by atoms with Crippen LogP contribution < -0.4 is 4.74 Å². The number of aryl methyl sites for hydroxylation is 2. The maximum absolute atomic E-state index is 13.6. The lowest BCUT2D eigenvalue weighted by atomic mass is 9.99. The summed E-state index contributed by atoms with van der Waals surface area (Å²) in [6, 6.07) is 8.90. The van der Waals surface area contributed by atoms with E-state index in [1.54, 1.807) is 13.2 Å². The molecule has 0 radical (unpaired) electrons. The van der Waals surface area contributed by atoms with E-state index in [2.05, 4.69) is 15.9 Å². The van der Waals surface area contributed by atoms with Crippen molar-refractivity contribution in [3.8, 4) is 5.75 Å². The Hall–Kier alpha value is -1.06. The molecule has 0 saturated carbocycles. The van der Waals surface area contributed by atoms with Gasteiger partial charge in [-0.05, 0) is 64.2 Å². The zero-order chi connectivity index (χ0) is 14.9. The van der Waals surface area contributed by atoms with Gasteiger partial charge in [0.05, 0.1) is 17.0 Å². The number of rotatable bonds is 3. The average Bonchev–Trinajstić information content (AvgIpc) is 2.40. The summed E-state index contributed by atoms with van der Waals surface area (Å²) < 4.78 is 19.4. The summed E-state index contributed by atoms with van der Waals surface area (Å²) in [5.41, 5.74) is 3.71. The highest BCUT2D eigenvalue weighted by Gasteiger charge is 2.15. The minimum absolute atomic E-state index is 0.310. The van der Waals surface area contributed by atoms with Crippen LogP contribution in [0.4, 0.5) is 4.39 Å². The number of alkyl halides is 1. The van der Waals surface area contributed by atoms with E-state index in [9.17, 15) is 4.39 Å². The van der Waals surface area contributed by atoms with E-state index in [1.165, 1.54) is 6.07 Å². The Balaban J connectivity index is 2.42. The van der Waals surface area contributed by atoms with Crippen molar-refractivity contribution in [2.75, 3.05) is 7.11 Å². The molecule has 20 heavy (non-hydrogen) atoms. The Morgan fingerprint density at radius 1 is 1.10 bits per heavy atom. The molecule has 1 atom stereocenters. The van der Waals surface area contributed by atoms with Gasteiger partial charge in [-0.1, -0.05) is 18.2 Å². The number of hydrogen-bond donors (Lipinski definition) is 0. The Kier molecular flexibility index (Phi) is 4.71. The van der Waals surface area contributed by atoms with Crippen molar-refractivity contribution in [1.82, 2.24) is 0 Å². The van der Waals surface area contributed by atoms with Crippen LogP contribution in [0.3, 0.4) is 0 Å². The van der Waals surface area contributed by atoms with E-state index in [4.69, 9.17) is 16.3 Å². The fourth-order valence-electron chi connectivity index (χ4n) is 2.31. The summed E-state index contributed by atoms with van der Waals surface area (Å²) in [6.07, 6.45) is 0. The largest absolute Gasteiger partial charge is 0.496 e. The number of hydrogen-bond acceptors (Lipinski definition) is 1. The van der Waals surface area contributed by atoms with Crippen LogP contribution in [0.1, 0.15) is 27.6 Å². The van der Waals surface area contributed by atoms with Crippen molar-refractivity contribution in [3.05, 3.63) is 62.9 Å². The second-order valence-electron chi connectivity index (χ2n) is 4.72. The highest BCUT2D eigenvalue weighted by atomic mass is 79.9. The van der Waals surface area contributed by atoms with Gasteiger partial charge in [0.2, 0.25) is 0 Å². The Morgan fingerprint density at radius 3 is 2.20 bits per heavy atom. The molecule has 0 aliphatic heterocycles. The molecule has 2 rings (SSSR count). The zero-order valence-electron chi connectivity index (χ0n) is 11.5. The van der Waals surface area contributed by atoms with Gasteiger partial charge in [0.1, 0.15) is 11.6 Å². The van der Waals surface area contributed by atoms with Crippen LogP contribution in [0.2, 0.25) is 0 Å². The predicted molar refractivity (Wildman–Crippen MR) is 84.3 cm³/mol. The van der Waals surface area contributed by atoms with Gasteiger partial charge in [-0.25, -0.2) is 4.39 Å². The van der Waals surface area contributed by atoms with Crippen molar-refractivity contribution in [2.24, 2.45) is 0 Å². The molecule has 1 nitrogen and oxygen atoms in total. The first-order chi connectivity index (χ1) is 9.43. The molecule has 0 heterocycles. The van der Waals surface area contributed by atoms with E-state index in [-0.39, 0.29) is 11.2 Å². The van der Waals surface area contributed by atoms with Crippen LogP contribution in [0.25, 0.3) is 0 Å². The topological polar surface area (TPSA) is 9.23 Å². The Labute approximate surface area is 131 Å².